The Bertz CT molecular complexity index is 1180. The molecule has 0 spiro atoms. The molecule has 1 aromatic heterocycles. The summed E-state index contributed by atoms with van der Waals surface area (Å²) in [5, 5.41) is 0. The van der Waals surface area contributed by atoms with Crippen molar-refractivity contribution < 1.29 is 42.7 Å². The number of fused-ring (bicyclic) bond motifs is 1. The lowest BCUT2D eigenvalue weighted by atomic mass is 10.0. The van der Waals surface area contributed by atoms with Crippen molar-refractivity contribution in [3.63, 3.8) is 0 Å². The van der Waals surface area contributed by atoms with Crippen molar-refractivity contribution in [2.24, 2.45) is 0 Å². The highest BCUT2D eigenvalue weighted by atomic mass is 31.2. The number of Topliss-reactive ketones (excluding diaryl/α,β-unsaturated/α-hetero) is 1. The number of hydrogen-bond acceptors (Lipinski definition) is 8. The number of rotatable bonds is 10. The molecular weight excluding hydrogens is 479 g/mol. The first-order valence-corrected chi connectivity index (χ1v) is 12.9. The maximum atomic E-state index is 13.5. The summed E-state index contributed by atoms with van der Waals surface area (Å²) in [5.74, 6) is -1.60. The lowest BCUT2D eigenvalue weighted by molar-refractivity contribution is -0.142. The fraction of sp³-hybridized carbons (Fsp3) is 0.478. The zero-order chi connectivity index (χ0) is 25.9. The third-order valence-electron chi connectivity index (χ3n) is 5.70. The molecule has 0 saturated heterocycles. The summed E-state index contributed by atoms with van der Waals surface area (Å²) in [7, 11) is -4.85. The van der Waals surface area contributed by atoms with E-state index < -0.39 is 31.9 Å². The van der Waals surface area contributed by atoms with Gasteiger partial charge in [-0.25, -0.2) is 14.3 Å². The molecule has 1 aliphatic carbocycles. The molecule has 0 bridgehead atoms. The van der Waals surface area contributed by atoms with E-state index in [0.29, 0.717) is 28.8 Å². The first kappa shape index (κ1) is 26.7. The molecule has 3 rings (SSSR count). The Morgan fingerprint density at radius 3 is 2.49 bits per heavy atom. The summed E-state index contributed by atoms with van der Waals surface area (Å²) in [4.78, 5) is 61.2. The second-order valence-corrected chi connectivity index (χ2v) is 9.15. The number of nitrogens with zero attached hydrogens (tertiary/aromatic N) is 2. The summed E-state index contributed by atoms with van der Waals surface area (Å²) >= 11 is 0. The minimum absolute atomic E-state index is 0.00468. The monoisotopic (exact) mass is 508 g/mol. The fourth-order valence-corrected chi connectivity index (χ4v) is 4.92. The van der Waals surface area contributed by atoms with Gasteiger partial charge < -0.3 is 23.8 Å². The van der Waals surface area contributed by atoms with Crippen molar-refractivity contribution >= 4 is 25.5 Å². The molecule has 190 valence electrons. The quantitative estimate of drug-likeness (QED) is 0.362. The third-order valence-corrected chi connectivity index (χ3v) is 6.30. The minimum atomic E-state index is -4.85. The van der Waals surface area contributed by atoms with Crippen molar-refractivity contribution in [1.29, 1.82) is 0 Å². The average Bonchev–Trinajstić information content (AvgIpc) is 3.31. The smallest absolute Gasteiger partial charge is 0.466 e. The van der Waals surface area contributed by atoms with Crippen LogP contribution >= 0.6 is 7.82 Å². The van der Waals surface area contributed by atoms with E-state index in [4.69, 9.17) is 14.0 Å². The summed E-state index contributed by atoms with van der Waals surface area (Å²) < 4.78 is 27.9. The first-order chi connectivity index (χ1) is 16.5. The number of benzene rings is 1. The van der Waals surface area contributed by atoms with Crippen LogP contribution in [-0.2, 0) is 42.6 Å². The molecule has 2 aromatic rings. The zero-order valence-corrected chi connectivity index (χ0v) is 20.9. The summed E-state index contributed by atoms with van der Waals surface area (Å²) in [6.07, 6.45) is -0.650. The Kier molecular flexibility index (Phi) is 8.27. The second-order valence-electron chi connectivity index (χ2n) is 7.96. The lowest BCUT2D eigenvalue weighted by Gasteiger charge is -2.18. The predicted molar refractivity (Wildman–Crippen MR) is 123 cm³/mol. The third kappa shape index (κ3) is 5.70. The maximum Gasteiger partial charge on any atom is 0.470 e. The number of phosphoric ester groups is 1. The van der Waals surface area contributed by atoms with Crippen LogP contribution < -0.4 is 0 Å². The van der Waals surface area contributed by atoms with Crippen LogP contribution in [-0.4, -0.2) is 50.3 Å². The topological polar surface area (TPSA) is 154 Å². The van der Waals surface area contributed by atoms with Gasteiger partial charge in [-0.1, -0.05) is 25.1 Å². The van der Waals surface area contributed by atoms with Gasteiger partial charge in [0.2, 0.25) is 5.82 Å². The van der Waals surface area contributed by atoms with E-state index in [1.54, 1.807) is 39.0 Å². The van der Waals surface area contributed by atoms with Gasteiger partial charge in [-0.3, -0.25) is 14.1 Å². The molecule has 0 radical (unpaired) electrons. The second kappa shape index (κ2) is 10.8. The number of carbonyl (C=O) groups is 3. The number of aromatic nitrogens is 2. The molecular formula is C23H29N2O9P. The molecule has 12 heteroatoms. The van der Waals surface area contributed by atoms with Crippen molar-refractivity contribution in [3.05, 3.63) is 52.1 Å². The molecule has 1 aliphatic rings. The van der Waals surface area contributed by atoms with Crippen molar-refractivity contribution in [2.45, 2.75) is 59.1 Å². The number of ketones is 1. The lowest BCUT2D eigenvalue weighted by Crippen LogP contribution is -2.23. The number of phosphoric acid groups is 1. The molecule has 0 aliphatic heterocycles. The van der Waals surface area contributed by atoms with E-state index in [9.17, 15) is 28.7 Å². The first-order valence-electron chi connectivity index (χ1n) is 11.3. The van der Waals surface area contributed by atoms with Gasteiger partial charge in [0.15, 0.2) is 5.78 Å². The van der Waals surface area contributed by atoms with Crippen LogP contribution in [0.5, 0.6) is 0 Å². The Morgan fingerprint density at radius 2 is 1.89 bits per heavy atom. The van der Waals surface area contributed by atoms with Crippen LogP contribution in [0, 0.1) is 0 Å². The largest absolute Gasteiger partial charge is 0.470 e. The molecule has 35 heavy (non-hydrogen) atoms. The van der Waals surface area contributed by atoms with Gasteiger partial charge in [0.05, 0.1) is 25.3 Å². The maximum absolute atomic E-state index is 13.5. The highest BCUT2D eigenvalue weighted by molar-refractivity contribution is 7.46. The molecule has 11 nitrogen and oxygen atoms in total. The zero-order valence-electron chi connectivity index (χ0n) is 20.0. The number of hydrogen-bond donors (Lipinski definition) is 2. The predicted octanol–water partition coefficient (Wildman–Crippen LogP) is 2.88. The van der Waals surface area contributed by atoms with Gasteiger partial charge >= 0.3 is 19.8 Å². The Hall–Kier alpha value is -2.85. The minimum Gasteiger partial charge on any atom is -0.466 e. The van der Waals surface area contributed by atoms with Crippen molar-refractivity contribution in [3.8, 4) is 0 Å². The van der Waals surface area contributed by atoms with E-state index >= 15 is 0 Å². The van der Waals surface area contributed by atoms with Gasteiger partial charge in [0, 0.05) is 17.7 Å². The van der Waals surface area contributed by atoms with E-state index in [0.717, 1.165) is 0 Å². The van der Waals surface area contributed by atoms with Crippen LogP contribution in [0.25, 0.3) is 0 Å². The van der Waals surface area contributed by atoms with Gasteiger partial charge in [0.1, 0.15) is 12.1 Å². The summed E-state index contributed by atoms with van der Waals surface area (Å²) in [6.45, 7) is 6.83. The van der Waals surface area contributed by atoms with Crippen LogP contribution in [0.2, 0.25) is 0 Å². The summed E-state index contributed by atoms with van der Waals surface area (Å²) in [6, 6.07) is 4.26. The molecule has 0 saturated carbocycles. The van der Waals surface area contributed by atoms with Crippen molar-refractivity contribution in [2.75, 3.05) is 13.2 Å². The fourth-order valence-electron chi connectivity index (χ4n) is 4.41. The Labute approximate surface area is 202 Å². The van der Waals surface area contributed by atoms with Crippen molar-refractivity contribution in [1.82, 2.24) is 9.55 Å². The number of carbonyl (C=O) groups excluding carboxylic acids is 3. The Balaban J connectivity index is 2.10. The van der Waals surface area contributed by atoms with E-state index in [2.05, 4.69) is 4.98 Å². The Morgan fingerprint density at radius 1 is 1.20 bits per heavy atom. The van der Waals surface area contributed by atoms with E-state index in [1.807, 2.05) is 0 Å². The van der Waals surface area contributed by atoms with Gasteiger partial charge in [-0.15, -0.1) is 0 Å². The standard InChI is InChI=1S/C23H29N2O9P/c1-5-17-20(13(4)34-35(29,30)31)24-22(23(28)33-7-3)25(17)18-12-16-14(11-19(26)32-6-2)9-8-10-15(16)21(18)27/h8-10,13,18H,5-7,11-12H2,1-4H3,(H2,29,30,31). The number of imidazole rings is 1. The van der Waals surface area contributed by atoms with Crippen LogP contribution in [0.1, 0.15) is 83.3 Å². The molecule has 0 fully saturated rings. The van der Waals surface area contributed by atoms with E-state index in [-0.39, 0.29) is 43.4 Å². The number of esters is 2. The molecule has 2 atom stereocenters. The van der Waals surface area contributed by atoms with Crippen LogP contribution in [0.3, 0.4) is 0 Å². The van der Waals surface area contributed by atoms with Gasteiger partial charge in [-0.05, 0) is 38.3 Å². The number of ether oxygens (including phenoxy) is 2. The highest BCUT2D eigenvalue weighted by Crippen LogP contribution is 2.43. The summed E-state index contributed by atoms with van der Waals surface area (Å²) in [5.41, 5.74) is 2.33. The SMILES string of the molecule is CCOC(=O)Cc1cccc2c1CC(n1c(C(=O)OCC)nc(C(C)OP(=O)(O)O)c1CC)C2=O. The molecule has 2 N–H and O–H groups in total. The molecule has 1 aromatic carbocycles. The van der Waals surface area contributed by atoms with E-state index in [1.165, 1.54) is 11.5 Å². The van der Waals surface area contributed by atoms with Crippen LogP contribution in [0.4, 0.5) is 0 Å². The van der Waals surface area contributed by atoms with Crippen LogP contribution in [0.15, 0.2) is 18.2 Å². The molecule has 2 unspecified atom stereocenters. The normalized spacial score (nSPS) is 16.2. The van der Waals surface area contributed by atoms with Gasteiger partial charge in [0.25, 0.3) is 0 Å². The average molecular weight is 508 g/mol. The van der Waals surface area contributed by atoms with Gasteiger partial charge in [-0.2, -0.15) is 0 Å². The highest BCUT2D eigenvalue weighted by Gasteiger charge is 2.39. The molecule has 1 heterocycles. The molecule has 0 amide bonds.